The first-order valence-electron chi connectivity index (χ1n) is 9.64. The highest BCUT2D eigenvalue weighted by Crippen LogP contribution is 2.55. The van der Waals surface area contributed by atoms with Gasteiger partial charge in [-0.1, -0.05) is 29.8 Å². The fraction of sp³-hybridized carbons (Fsp3) is 0.364. The molecule has 1 saturated carbocycles. The maximum atomic E-state index is 14.2. The van der Waals surface area contributed by atoms with Crippen LogP contribution in [0.25, 0.3) is 0 Å². The molecule has 0 radical (unpaired) electrons. The number of hydrogen-bond donors (Lipinski definition) is 0. The molecule has 1 atom stereocenters. The molecule has 2 heterocycles. The van der Waals surface area contributed by atoms with Crippen LogP contribution in [0.15, 0.2) is 42.5 Å². The zero-order valence-electron chi connectivity index (χ0n) is 15.7. The first-order chi connectivity index (χ1) is 13.5. The van der Waals surface area contributed by atoms with Gasteiger partial charge in [-0.2, -0.15) is 0 Å². The van der Waals surface area contributed by atoms with E-state index < -0.39 is 4.87 Å². The molecule has 5 rings (SSSR count). The smallest absolute Gasteiger partial charge is 0.268 e. The summed E-state index contributed by atoms with van der Waals surface area (Å²) in [7, 11) is 0. The number of rotatable bonds is 3. The van der Waals surface area contributed by atoms with Gasteiger partial charge in [-0.25, -0.2) is 4.39 Å². The van der Waals surface area contributed by atoms with Crippen LogP contribution in [-0.2, 0) is 21.0 Å². The van der Waals surface area contributed by atoms with Gasteiger partial charge in [0.15, 0.2) is 4.87 Å². The Balaban J connectivity index is 1.59. The lowest BCUT2D eigenvalue weighted by atomic mass is 10.0. The van der Waals surface area contributed by atoms with Crippen molar-refractivity contribution in [3.8, 4) is 0 Å². The van der Waals surface area contributed by atoms with Crippen molar-refractivity contribution in [3.63, 3.8) is 0 Å². The molecule has 2 aromatic carbocycles. The van der Waals surface area contributed by atoms with Crippen molar-refractivity contribution >= 4 is 29.3 Å². The molecule has 4 nitrogen and oxygen atoms in total. The van der Waals surface area contributed by atoms with Crippen molar-refractivity contribution in [1.82, 2.24) is 4.90 Å². The minimum atomic E-state index is -1.12. The molecule has 2 aromatic rings. The average Bonchev–Trinajstić information content (AvgIpc) is 3.41. The van der Waals surface area contributed by atoms with E-state index >= 15 is 0 Å². The number of benzene rings is 2. The predicted molar refractivity (Wildman–Crippen MR) is 107 cm³/mol. The Morgan fingerprint density at radius 1 is 1.21 bits per heavy atom. The molecule has 0 N–H and O–H groups in total. The standard InChI is InChI=1S/C22H21FN2O2S/c1-14-2-4-15(5-3-14)13-24-19-9-8-17(23)12-18(19)22(21(24)27)25(10-11-28-22)20(26)16-6-7-16/h2-5,8-9,12,16H,6-7,10-11,13H2,1H3. The number of nitrogens with zero attached hydrogens (tertiary/aromatic N) is 2. The summed E-state index contributed by atoms with van der Waals surface area (Å²) in [6, 6.07) is 12.5. The lowest BCUT2D eigenvalue weighted by molar-refractivity contribution is -0.141. The quantitative estimate of drug-likeness (QED) is 0.792. The molecule has 2 fully saturated rings. The first-order valence-corrected chi connectivity index (χ1v) is 10.6. The van der Waals surface area contributed by atoms with Crippen molar-refractivity contribution < 1.29 is 14.0 Å². The highest BCUT2D eigenvalue weighted by atomic mass is 32.2. The van der Waals surface area contributed by atoms with Crippen LogP contribution < -0.4 is 4.90 Å². The van der Waals surface area contributed by atoms with Crippen LogP contribution in [0.5, 0.6) is 0 Å². The van der Waals surface area contributed by atoms with E-state index in [1.807, 2.05) is 31.2 Å². The zero-order chi connectivity index (χ0) is 19.5. The highest BCUT2D eigenvalue weighted by molar-refractivity contribution is 8.01. The third-order valence-corrected chi connectivity index (χ3v) is 7.23. The van der Waals surface area contributed by atoms with Crippen molar-refractivity contribution in [1.29, 1.82) is 0 Å². The van der Waals surface area contributed by atoms with Crippen LogP contribution in [0.3, 0.4) is 0 Å². The Morgan fingerprint density at radius 3 is 2.68 bits per heavy atom. The van der Waals surface area contributed by atoms with Gasteiger partial charge in [0.25, 0.3) is 5.91 Å². The summed E-state index contributed by atoms with van der Waals surface area (Å²) < 4.78 is 14.2. The molecule has 144 valence electrons. The van der Waals surface area contributed by atoms with Gasteiger partial charge >= 0.3 is 0 Å². The van der Waals surface area contributed by atoms with Crippen molar-refractivity contribution in [2.24, 2.45) is 5.92 Å². The van der Waals surface area contributed by atoms with Crippen LogP contribution in [0.4, 0.5) is 10.1 Å². The van der Waals surface area contributed by atoms with Crippen LogP contribution in [0.1, 0.15) is 29.5 Å². The van der Waals surface area contributed by atoms with Crippen molar-refractivity contribution in [2.75, 3.05) is 17.2 Å². The van der Waals surface area contributed by atoms with E-state index in [0.29, 0.717) is 30.1 Å². The SMILES string of the molecule is Cc1ccc(CN2C(=O)C3(SCCN3C(=O)C3CC3)c3cc(F)ccc32)cc1. The largest absolute Gasteiger partial charge is 0.315 e. The van der Waals surface area contributed by atoms with Gasteiger partial charge in [-0.3, -0.25) is 9.59 Å². The molecule has 2 amide bonds. The Morgan fingerprint density at radius 2 is 1.96 bits per heavy atom. The van der Waals surface area contributed by atoms with Gasteiger partial charge in [0.2, 0.25) is 5.91 Å². The molecule has 2 aliphatic heterocycles. The Kier molecular flexibility index (Phi) is 4.02. The summed E-state index contributed by atoms with van der Waals surface area (Å²) in [4.78, 5) is 29.0. The Labute approximate surface area is 167 Å². The van der Waals surface area contributed by atoms with Crippen LogP contribution in [0.2, 0.25) is 0 Å². The monoisotopic (exact) mass is 396 g/mol. The second-order valence-electron chi connectivity index (χ2n) is 7.79. The third kappa shape index (κ3) is 2.58. The van der Waals surface area contributed by atoms with Crippen molar-refractivity contribution in [2.45, 2.75) is 31.2 Å². The summed E-state index contributed by atoms with van der Waals surface area (Å²) in [5.41, 5.74) is 3.48. The average molecular weight is 396 g/mol. The number of amides is 2. The van der Waals surface area contributed by atoms with Gasteiger partial charge in [-0.15, -0.1) is 11.8 Å². The molecule has 3 aliphatic rings. The van der Waals surface area contributed by atoms with E-state index in [2.05, 4.69) is 0 Å². The lowest BCUT2D eigenvalue weighted by Gasteiger charge is -2.33. The van der Waals surface area contributed by atoms with Gasteiger partial charge < -0.3 is 9.80 Å². The summed E-state index contributed by atoms with van der Waals surface area (Å²) >= 11 is 1.46. The normalized spacial score (nSPS) is 23.6. The van der Waals surface area contributed by atoms with E-state index in [-0.39, 0.29) is 23.5 Å². The predicted octanol–water partition coefficient (Wildman–Crippen LogP) is 3.82. The zero-order valence-corrected chi connectivity index (χ0v) is 16.5. The molecular weight excluding hydrogens is 375 g/mol. The van der Waals surface area contributed by atoms with Crippen LogP contribution in [0, 0.1) is 18.7 Å². The number of hydrogen-bond acceptors (Lipinski definition) is 3. The summed E-state index contributed by atoms with van der Waals surface area (Å²) in [6.07, 6.45) is 1.76. The summed E-state index contributed by atoms with van der Waals surface area (Å²) in [5.74, 6) is 0.218. The van der Waals surface area contributed by atoms with Crippen molar-refractivity contribution in [3.05, 3.63) is 65.0 Å². The van der Waals surface area contributed by atoms with E-state index in [0.717, 1.165) is 24.0 Å². The summed E-state index contributed by atoms with van der Waals surface area (Å²) in [6.45, 7) is 2.96. The van der Waals surface area contributed by atoms with E-state index in [9.17, 15) is 14.0 Å². The maximum Gasteiger partial charge on any atom is 0.268 e. The molecule has 1 aliphatic carbocycles. The molecule has 0 bridgehead atoms. The number of halogens is 1. The maximum absolute atomic E-state index is 14.2. The second-order valence-corrected chi connectivity index (χ2v) is 9.08. The lowest BCUT2D eigenvalue weighted by Crippen LogP contribution is -2.50. The highest BCUT2D eigenvalue weighted by Gasteiger charge is 2.60. The van der Waals surface area contributed by atoms with Crippen LogP contribution in [-0.4, -0.2) is 29.0 Å². The number of aryl methyl sites for hydroxylation is 1. The Hall–Kier alpha value is -2.34. The molecule has 1 saturated heterocycles. The number of anilines is 1. The molecule has 28 heavy (non-hydrogen) atoms. The topological polar surface area (TPSA) is 40.6 Å². The van der Waals surface area contributed by atoms with Gasteiger partial charge in [0, 0.05) is 23.8 Å². The molecule has 1 unspecified atom stereocenters. The second kappa shape index (κ2) is 6.34. The van der Waals surface area contributed by atoms with Gasteiger partial charge in [0.05, 0.1) is 12.2 Å². The first kappa shape index (κ1) is 17.7. The molecule has 1 spiro atoms. The van der Waals surface area contributed by atoms with E-state index in [4.69, 9.17) is 0 Å². The van der Waals surface area contributed by atoms with E-state index in [1.165, 1.54) is 23.9 Å². The molecule has 6 heteroatoms. The third-order valence-electron chi connectivity index (χ3n) is 5.81. The molecule has 0 aromatic heterocycles. The number of fused-ring (bicyclic) bond motifs is 2. The van der Waals surface area contributed by atoms with Gasteiger partial charge in [-0.05, 0) is 43.5 Å². The number of thioether (sulfide) groups is 1. The number of carbonyl (C=O) groups is 2. The van der Waals surface area contributed by atoms with E-state index in [1.54, 1.807) is 15.9 Å². The number of carbonyl (C=O) groups excluding carboxylic acids is 2. The van der Waals surface area contributed by atoms with Crippen LogP contribution >= 0.6 is 11.8 Å². The fourth-order valence-corrected chi connectivity index (χ4v) is 5.65. The Bertz CT molecular complexity index is 973. The van der Waals surface area contributed by atoms with Gasteiger partial charge in [0.1, 0.15) is 5.82 Å². The minimum absolute atomic E-state index is 0.0199. The summed E-state index contributed by atoms with van der Waals surface area (Å²) in [5, 5.41) is 0. The minimum Gasteiger partial charge on any atom is -0.315 e. The fourth-order valence-electron chi connectivity index (χ4n) is 4.19. The molecular formula is C22H21FN2O2S.